The van der Waals surface area contributed by atoms with Crippen LogP contribution in [0.3, 0.4) is 0 Å². The van der Waals surface area contributed by atoms with Crippen molar-refractivity contribution >= 4 is 0 Å². The summed E-state index contributed by atoms with van der Waals surface area (Å²) in [4.78, 5) is 0. The van der Waals surface area contributed by atoms with E-state index in [1.807, 2.05) is 0 Å². The summed E-state index contributed by atoms with van der Waals surface area (Å²) in [7, 11) is 0. The molecule has 3 N–H and O–H groups in total. The van der Waals surface area contributed by atoms with E-state index in [4.69, 9.17) is 10.5 Å². The predicted octanol–water partition coefficient (Wildman–Crippen LogP) is 0.882. The molecule has 1 atom stereocenters. The molecule has 1 aromatic carbocycles. The standard InChI is InChI=1S/C14H19NO2/c15-9-13(14(16)5-6-17-10-14)7-11-3-1-2-4-12(11)8-13/h1-4,16H,5-10,15H2. The number of fused-ring (bicyclic) bond motifs is 1. The van der Waals surface area contributed by atoms with Crippen LogP contribution in [0.15, 0.2) is 24.3 Å². The molecule has 1 aliphatic heterocycles. The van der Waals surface area contributed by atoms with Crippen molar-refractivity contribution in [1.82, 2.24) is 0 Å². The minimum Gasteiger partial charge on any atom is -0.387 e. The fourth-order valence-electron chi connectivity index (χ4n) is 3.33. The van der Waals surface area contributed by atoms with Gasteiger partial charge in [0, 0.05) is 25.0 Å². The molecule has 92 valence electrons. The molecule has 2 aliphatic rings. The SMILES string of the molecule is NCC1(C2(O)CCOC2)Cc2ccccc2C1. The molecule has 1 unspecified atom stereocenters. The normalized spacial score (nSPS) is 30.5. The Bertz CT molecular complexity index is 399. The Balaban J connectivity index is 1.97. The highest BCUT2D eigenvalue weighted by Crippen LogP contribution is 2.47. The zero-order valence-electron chi connectivity index (χ0n) is 9.98. The number of hydrogen-bond acceptors (Lipinski definition) is 3. The number of benzene rings is 1. The van der Waals surface area contributed by atoms with Crippen LogP contribution in [0.5, 0.6) is 0 Å². The van der Waals surface area contributed by atoms with Gasteiger partial charge >= 0.3 is 0 Å². The van der Waals surface area contributed by atoms with Crippen LogP contribution in [0.4, 0.5) is 0 Å². The van der Waals surface area contributed by atoms with Gasteiger partial charge in [-0.3, -0.25) is 0 Å². The van der Waals surface area contributed by atoms with E-state index in [1.165, 1.54) is 11.1 Å². The molecule has 0 amide bonds. The van der Waals surface area contributed by atoms with Gasteiger partial charge in [0.05, 0.1) is 12.2 Å². The summed E-state index contributed by atoms with van der Waals surface area (Å²) in [5.41, 5.74) is 7.68. The second-order valence-corrected chi connectivity index (χ2v) is 5.44. The Morgan fingerprint density at radius 1 is 1.24 bits per heavy atom. The maximum absolute atomic E-state index is 10.8. The third kappa shape index (κ3) is 1.53. The molecule has 3 heteroatoms. The summed E-state index contributed by atoms with van der Waals surface area (Å²) in [6.45, 7) is 1.59. The molecule has 1 fully saturated rings. The van der Waals surface area contributed by atoms with Crippen LogP contribution in [-0.4, -0.2) is 30.5 Å². The van der Waals surface area contributed by atoms with Gasteiger partial charge in [0.25, 0.3) is 0 Å². The van der Waals surface area contributed by atoms with Gasteiger partial charge in [0.2, 0.25) is 0 Å². The minimum absolute atomic E-state index is 0.229. The first-order chi connectivity index (χ1) is 8.19. The van der Waals surface area contributed by atoms with Crippen LogP contribution in [0, 0.1) is 5.41 Å². The average molecular weight is 233 g/mol. The molecule has 0 spiro atoms. The van der Waals surface area contributed by atoms with Crippen molar-refractivity contribution in [2.24, 2.45) is 11.1 Å². The first-order valence-electron chi connectivity index (χ1n) is 6.26. The van der Waals surface area contributed by atoms with E-state index in [1.54, 1.807) is 0 Å². The highest BCUT2D eigenvalue weighted by Gasteiger charge is 2.54. The highest BCUT2D eigenvalue weighted by atomic mass is 16.5. The quantitative estimate of drug-likeness (QED) is 0.797. The molecule has 17 heavy (non-hydrogen) atoms. The van der Waals surface area contributed by atoms with Crippen molar-refractivity contribution < 1.29 is 9.84 Å². The van der Waals surface area contributed by atoms with Crippen LogP contribution in [0.1, 0.15) is 17.5 Å². The smallest absolute Gasteiger partial charge is 0.0976 e. The van der Waals surface area contributed by atoms with E-state index < -0.39 is 5.60 Å². The van der Waals surface area contributed by atoms with Gasteiger partial charge in [0.15, 0.2) is 0 Å². The first kappa shape index (κ1) is 11.2. The van der Waals surface area contributed by atoms with Crippen LogP contribution >= 0.6 is 0 Å². The molecule has 1 aliphatic carbocycles. The van der Waals surface area contributed by atoms with E-state index in [2.05, 4.69) is 24.3 Å². The Kier molecular flexibility index (Phi) is 2.51. The summed E-state index contributed by atoms with van der Waals surface area (Å²) in [5.74, 6) is 0. The Hall–Kier alpha value is -0.900. The monoisotopic (exact) mass is 233 g/mol. The number of aliphatic hydroxyl groups is 1. The molecule has 1 heterocycles. The zero-order chi connectivity index (χ0) is 11.9. The number of hydrogen-bond donors (Lipinski definition) is 2. The third-order valence-corrected chi connectivity index (χ3v) is 4.55. The molecule has 0 radical (unpaired) electrons. The lowest BCUT2D eigenvalue weighted by Gasteiger charge is -2.41. The molecule has 1 aromatic rings. The van der Waals surface area contributed by atoms with Crippen molar-refractivity contribution in [3.63, 3.8) is 0 Å². The lowest BCUT2D eigenvalue weighted by molar-refractivity contribution is -0.0783. The second-order valence-electron chi connectivity index (χ2n) is 5.44. The second kappa shape index (κ2) is 3.80. The van der Waals surface area contributed by atoms with Crippen molar-refractivity contribution in [2.45, 2.75) is 24.9 Å². The van der Waals surface area contributed by atoms with E-state index in [-0.39, 0.29) is 5.41 Å². The minimum atomic E-state index is -0.749. The first-order valence-corrected chi connectivity index (χ1v) is 6.26. The molecule has 0 bridgehead atoms. The summed E-state index contributed by atoms with van der Waals surface area (Å²) in [6, 6.07) is 8.40. The summed E-state index contributed by atoms with van der Waals surface area (Å²) in [5, 5.41) is 10.8. The Morgan fingerprint density at radius 2 is 1.88 bits per heavy atom. The van der Waals surface area contributed by atoms with Gasteiger partial charge in [-0.25, -0.2) is 0 Å². The van der Waals surface area contributed by atoms with E-state index >= 15 is 0 Å². The van der Waals surface area contributed by atoms with Crippen LogP contribution in [-0.2, 0) is 17.6 Å². The average Bonchev–Trinajstić information content (AvgIpc) is 2.94. The number of ether oxygens (including phenoxy) is 1. The Morgan fingerprint density at radius 3 is 2.35 bits per heavy atom. The fourth-order valence-corrected chi connectivity index (χ4v) is 3.33. The highest BCUT2D eigenvalue weighted by molar-refractivity contribution is 5.36. The summed E-state index contributed by atoms with van der Waals surface area (Å²) >= 11 is 0. The molecular formula is C14H19NO2. The maximum Gasteiger partial charge on any atom is 0.0976 e. The van der Waals surface area contributed by atoms with Crippen molar-refractivity contribution in [2.75, 3.05) is 19.8 Å². The summed E-state index contributed by atoms with van der Waals surface area (Å²) < 4.78 is 5.39. The molecular weight excluding hydrogens is 214 g/mol. The molecule has 3 rings (SSSR count). The van der Waals surface area contributed by atoms with E-state index in [0.29, 0.717) is 26.2 Å². The zero-order valence-corrected chi connectivity index (χ0v) is 9.98. The van der Waals surface area contributed by atoms with Crippen LogP contribution < -0.4 is 5.73 Å². The molecule has 3 nitrogen and oxygen atoms in total. The van der Waals surface area contributed by atoms with Gasteiger partial charge in [-0.05, 0) is 24.0 Å². The third-order valence-electron chi connectivity index (χ3n) is 4.55. The van der Waals surface area contributed by atoms with Gasteiger partial charge in [0.1, 0.15) is 0 Å². The maximum atomic E-state index is 10.8. The van der Waals surface area contributed by atoms with Crippen LogP contribution in [0.25, 0.3) is 0 Å². The molecule has 1 saturated heterocycles. The lowest BCUT2D eigenvalue weighted by atomic mass is 9.69. The summed E-state index contributed by atoms with van der Waals surface area (Å²) in [6.07, 6.45) is 2.46. The molecule has 0 saturated carbocycles. The van der Waals surface area contributed by atoms with Gasteiger partial charge < -0.3 is 15.6 Å². The van der Waals surface area contributed by atoms with E-state index in [9.17, 15) is 5.11 Å². The number of rotatable bonds is 2. The van der Waals surface area contributed by atoms with E-state index in [0.717, 1.165) is 12.8 Å². The van der Waals surface area contributed by atoms with Gasteiger partial charge in [-0.1, -0.05) is 24.3 Å². The van der Waals surface area contributed by atoms with Crippen molar-refractivity contribution in [1.29, 1.82) is 0 Å². The van der Waals surface area contributed by atoms with Gasteiger partial charge in [-0.2, -0.15) is 0 Å². The topological polar surface area (TPSA) is 55.5 Å². The van der Waals surface area contributed by atoms with Crippen molar-refractivity contribution in [3.8, 4) is 0 Å². The lowest BCUT2D eigenvalue weighted by Crippen LogP contribution is -2.54. The predicted molar refractivity (Wildman–Crippen MR) is 65.7 cm³/mol. The van der Waals surface area contributed by atoms with Gasteiger partial charge in [-0.15, -0.1) is 0 Å². The largest absolute Gasteiger partial charge is 0.387 e. The Labute approximate surface area is 102 Å². The van der Waals surface area contributed by atoms with Crippen molar-refractivity contribution in [3.05, 3.63) is 35.4 Å². The number of nitrogens with two attached hydrogens (primary N) is 1. The fraction of sp³-hybridized carbons (Fsp3) is 0.571. The van der Waals surface area contributed by atoms with Crippen LogP contribution in [0.2, 0.25) is 0 Å². The molecule has 0 aromatic heterocycles.